The molecule has 1 nitrogen and oxygen atoms in total. The molecule has 90 valence electrons. The third-order valence-corrected chi connectivity index (χ3v) is 3.36. The van der Waals surface area contributed by atoms with Gasteiger partial charge >= 0.3 is 0 Å². The zero-order valence-electron chi connectivity index (χ0n) is 9.97. The number of nitrogens with zero attached hydrogens (tertiary/aromatic N) is 1. The maximum atomic E-state index is 6.12. The highest BCUT2D eigenvalue weighted by Crippen LogP contribution is 2.24. The van der Waals surface area contributed by atoms with Gasteiger partial charge in [0.2, 0.25) is 0 Å². The molecule has 0 N–H and O–H groups in total. The Bertz CT molecular complexity index is 326. The topological polar surface area (TPSA) is 3.24 Å². The maximum Gasteiger partial charge on any atom is 0.0488 e. The summed E-state index contributed by atoms with van der Waals surface area (Å²) >= 11 is 11.9. The van der Waals surface area contributed by atoms with Gasteiger partial charge in [-0.2, -0.15) is 0 Å². The van der Waals surface area contributed by atoms with Gasteiger partial charge < -0.3 is 4.90 Å². The van der Waals surface area contributed by atoms with Crippen LogP contribution in [0, 0.1) is 0 Å². The molecule has 0 aliphatic heterocycles. The minimum absolute atomic E-state index is 0.471. The predicted octanol–water partition coefficient (Wildman–Crippen LogP) is 4.71. The number of benzene rings is 1. The van der Waals surface area contributed by atoms with E-state index in [1.807, 2.05) is 12.1 Å². The predicted molar refractivity (Wildman–Crippen MR) is 73.8 cm³/mol. The zero-order valence-corrected chi connectivity index (χ0v) is 11.5. The van der Waals surface area contributed by atoms with Gasteiger partial charge in [0.1, 0.15) is 0 Å². The molecule has 1 aromatic carbocycles. The Morgan fingerprint density at radius 2 is 2.00 bits per heavy atom. The molecule has 0 atom stereocenters. The zero-order chi connectivity index (χ0) is 12.0. The van der Waals surface area contributed by atoms with Crippen molar-refractivity contribution in [1.82, 2.24) is 0 Å². The molecule has 0 aromatic heterocycles. The van der Waals surface area contributed by atoms with Gasteiger partial charge in [-0.1, -0.05) is 37.4 Å². The Morgan fingerprint density at radius 3 is 2.56 bits per heavy atom. The largest absolute Gasteiger partial charge is 0.375 e. The maximum absolute atomic E-state index is 6.12. The van der Waals surface area contributed by atoms with Crippen LogP contribution in [0.1, 0.15) is 31.7 Å². The van der Waals surface area contributed by atoms with Crippen LogP contribution in [0.3, 0.4) is 0 Å². The van der Waals surface area contributed by atoms with E-state index in [2.05, 4.69) is 24.9 Å². The van der Waals surface area contributed by atoms with Gasteiger partial charge in [0.05, 0.1) is 0 Å². The lowest BCUT2D eigenvalue weighted by Gasteiger charge is -2.19. The van der Waals surface area contributed by atoms with Crippen molar-refractivity contribution in [3.63, 3.8) is 0 Å². The number of alkyl halides is 1. The fraction of sp³-hybridized carbons (Fsp3) is 0.538. The molecule has 0 unspecified atom stereocenters. The van der Waals surface area contributed by atoms with Crippen LogP contribution in [0.2, 0.25) is 5.02 Å². The Labute approximate surface area is 108 Å². The fourth-order valence-electron chi connectivity index (χ4n) is 1.61. The van der Waals surface area contributed by atoms with E-state index < -0.39 is 0 Å². The summed E-state index contributed by atoms with van der Waals surface area (Å²) in [5.41, 5.74) is 2.16. The van der Waals surface area contributed by atoms with E-state index >= 15 is 0 Å². The van der Waals surface area contributed by atoms with Crippen molar-refractivity contribution in [2.75, 3.05) is 18.5 Å². The Hall–Kier alpha value is -0.400. The molecule has 0 fully saturated rings. The lowest BCUT2D eigenvalue weighted by atomic mass is 10.2. The van der Waals surface area contributed by atoms with Gasteiger partial charge in [-0.15, -0.1) is 11.6 Å². The van der Waals surface area contributed by atoms with Crippen molar-refractivity contribution in [3.05, 3.63) is 28.8 Å². The number of halogens is 2. The van der Waals surface area contributed by atoms with Gasteiger partial charge in [0, 0.05) is 30.2 Å². The fourth-order valence-corrected chi connectivity index (χ4v) is 2.15. The van der Waals surface area contributed by atoms with Crippen LogP contribution in [0.25, 0.3) is 0 Å². The molecular weight excluding hydrogens is 241 g/mol. The molecule has 0 radical (unpaired) electrons. The Balaban J connectivity index is 2.62. The van der Waals surface area contributed by atoms with Crippen LogP contribution < -0.4 is 4.90 Å². The minimum Gasteiger partial charge on any atom is -0.375 e. The molecular formula is C13H19Cl2N. The van der Waals surface area contributed by atoms with Crippen molar-refractivity contribution in [2.45, 2.75) is 32.1 Å². The first-order chi connectivity index (χ1) is 7.69. The summed E-state index contributed by atoms with van der Waals surface area (Å²) in [7, 11) is 2.10. The van der Waals surface area contributed by atoms with Crippen molar-refractivity contribution in [3.8, 4) is 0 Å². The Morgan fingerprint density at radius 1 is 1.25 bits per heavy atom. The Kier molecular flexibility index (Phi) is 6.00. The molecule has 1 rings (SSSR count). The molecule has 1 aromatic rings. The molecule has 16 heavy (non-hydrogen) atoms. The van der Waals surface area contributed by atoms with Gasteiger partial charge in [-0.3, -0.25) is 0 Å². The van der Waals surface area contributed by atoms with E-state index in [-0.39, 0.29) is 0 Å². The average molecular weight is 260 g/mol. The molecule has 0 bridgehead atoms. The molecule has 0 aliphatic carbocycles. The second kappa shape index (κ2) is 7.03. The smallest absolute Gasteiger partial charge is 0.0488 e. The van der Waals surface area contributed by atoms with Gasteiger partial charge in [0.15, 0.2) is 0 Å². The van der Waals surface area contributed by atoms with Crippen LogP contribution in [0.5, 0.6) is 0 Å². The van der Waals surface area contributed by atoms with Crippen LogP contribution in [-0.4, -0.2) is 13.6 Å². The number of hydrogen-bond donors (Lipinski definition) is 0. The lowest BCUT2D eigenvalue weighted by molar-refractivity contribution is 0.705. The first kappa shape index (κ1) is 13.7. The van der Waals surface area contributed by atoms with E-state index in [9.17, 15) is 0 Å². The summed E-state index contributed by atoms with van der Waals surface area (Å²) < 4.78 is 0. The number of unbranched alkanes of at least 4 members (excludes halogenated alkanes) is 2. The molecule has 0 amide bonds. The third kappa shape index (κ3) is 3.88. The quantitative estimate of drug-likeness (QED) is 0.529. The molecule has 0 aliphatic rings. The monoisotopic (exact) mass is 259 g/mol. The van der Waals surface area contributed by atoms with Gasteiger partial charge in [-0.25, -0.2) is 0 Å². The average Bonchev–Trinajstić information content (AvgIpc) is 2.29. The van der Waals surface area contributed by atoms with Crippen molar-refractivity contribution in [2.24, 2.45) is 0 Å². The second-order valence-electron chi connectivity index (χ2n) is 4.04. The van der Waals surface area contributed by atoms with Crippen molar-refractivity contribution >= 4 is 28.9 Å². The standard InChI is InChI=1S/C13H19Cl2N/c1-3-4-5-8-16(2)12-7-6-11(10-14)13(15)9-12/h6-7,9H,3-5,8,10H2,1-2H3. The minimum atomic E-state index is 0.471. The SMILES string of the molecule is CCCCCN(C)c1ccc(CCl)c(Cl)c1. The number of hydrogen-bond acceptors (Lipinski definition) is 1. The molecule has 0 heterocycles. The summed E-state index contributed by atoms with van der Waals surface area (Å²) in [6, 6.07) is 6.07. The van der Waals surface area contributed by atoms with Crippen LogP contribution in [0.4, 0.5) is 5.69 Å². The summed E-state index contributed by atoms with van der Waals surface area (Å²) in [5.74, 6) is 0.471. The first-order valence-corrected chi connectivity index (χ1v) is 6.65. The summed E-state index contributed by atoms with van der Waals surface area (Å²) in [6.07, 6.45) is 3.75. The molecule has 0 spiro atoms. The van der Waals surface area contributed by atoms with E-state index in [4.69, 9.17) is 23.2 Å². The van der Waals surface area contributed by atoms with Crippen LogP contribution >= 0.6 is 23.2 Å². The van der Waals surface area contributed by atoms with E-state index in [0.717, 1.165) is 22.8 Å². The first-order valence-electron chi connectivity index (χ1n) is 5.74. The van der Waals surface area contributed by atoms with Crippen LogP contribution in [0.15, 0.2) is 18.2 Å². The van der Waals surface area contributed by atoms with Gasteiger partial charge in [-0.05, 0) is 24.1 Å². The highest BCUT2D eigenvalue weighted by molar-refractivity contribution is 6.32. The third-order valence-electron chi connectivity index (χ3n) is 2.72. The van der Waals surface area contributed by atoms with E-state index in [0.29, 0.717) is 5.88 Å². The number of rotatable bonds is 6. The molecule has 0 saturated heterocycles. The highest BCUT2D eigenvalue weighted by atomic mass is 35.5. The van der Waals surface area contributed by atoms with E-state index in [1.165, 1.54) is 19.3 Å². The summed E-state index contributed by atoms with van der Waals surface area (Å²) in [5, 5.41) is 0.759. The van der Waals surface area contributed by atoms with E-state index in [1.54, 1.807) is 0 Å². The summed E-state index contributed by atoms with van der Waals surface area (Å²) in [6.45, 7) is 3.29. The van der Waals surface area contributed by atoms with Gasteiger partial charge in [0.25, 0.3) is 0 Å². The number of anilines is 1. The normalized spacial score (nSPS) is 10.5. The highest BCUT2D eigenvalue weighted by Gasteiger charge is 2.04. The summed E-state index contributed by atoms with van der Waals surface area (Å²) in [4.78, 5) is 2.24. The second-order valence-corrected chi connectivity index (χ2v) is 4.71. The molecule has 0 saturated carbocycles. The lowest BCUT2D eigenvalue weighted by Crippen LogP contribution is -2.18. The van der Waals surface area contributed by atoms with Crippen molar-refractivity contribution in [1.29, 1.82) is 0 Å². The van der Waals surface area contributed by atoms with Crippen LogP contribution in [-0.2, 0) is 5.88 Å². The van der Waals surface area contributed by atoms with Crippen molar-refractivity contribution < 1.29 is 0 Å². The molecule has 3 heteroatoms.